The molecule has 8 heteroatoms. The summed E-state index contributed by atoms with van der Waals surface area (Å²) in [6.07, 6.45) is -0.566. The number of anilines is 1. The van der Waals surface area contributed by atoms with Gasteiger partial charge in [0, 0.05) is 31.3 Å². The number of hydrogen-bond acceptors (Lipinski definition) is 8. The van der Waals surface area contributed by atoms with E-state index in [1.54, 1.807) is 12.1 Å². The van der Waals surface area contributed by atoms with Crippen LogP contribution in [-0.4, -0.2) is 66.9 Å². The van der Waals surface area contributed by atoms with Crippen molar-refractivity contribution < 1.29 is 14.6 Å². The maximum absolute atomic E-state index is 10.4. The standard InChI is InChI=1S/C26H29N5O3/c1-18-28-25(31-10-12-33-13-11-31)15-26(29-18)34-24-14-19(16-27)4-9-22(24)20-5-7-21(8-6-20)23(32)17-30(2)3/h4-9,14-15,23,32H,10-13,17H2,1-3H3. The van der Waals surface area contributed by atoms with Crippen molar-refractivity contribution in [3.63, 3.8) is 0 Å². The largest absolute Gasteiger partial charge is 0.438 e. The molecule has 1 unspecified atom stereocenters. The van der Waals surface area contributed by atoms with Crippen LogP contribution >= 0.6 is 0 Å². The zero-order valence-electron chi connectivity index (χ0n) is 19.7. The van der Waals surface area contributed by atoms with Gasteiger partial charge in [0.15, 0.2) is 0 Å². The molecule has 0 spiro atoms. The Hall–Kier alpha value is -3.51. The SMILES string of the molecule is Cc1nc(Oc2cc(C#N)ccc2-c2ccc(C(O)CN(C)C)cc2)cc(N2CCOCC2)n1. The highest BCUT2D eigenvalue weighted by molar-refractivity contribution is 5.72. The summed E-state index contributed by atoms with van der Waals surface area (Å²) in [4.78, 5) is 13.1. The van der Waals surface area contributed by atoms with Gasteiger partial charge in [-0.25, -0.2) is 4.98 Å². The van der Waals surface area contributed by atoms with Gasteiger partial charge in [-0.05, 0) is 50.3 Å². The predicted molar refractivity (Wildman–Crippen MR) is 130 cm³/mol. The van der Waals surface area contributed by atoms with Gasteiger partial charge >= 0.3 is 0 Å². The maximum atomic E-state index is 10.4. The van der Waals surface area contributed by atoms with Gasteiger partial charge in [-0.1, -0.05) is 24.3 Å². The summed E-state index contributed by atoms with van der Waals surface area (Å²) in [6.45, 7) is 5.22. The van der Waals surface area contributed by atoms with Crippen LogP contribution in [0.2, 0.25) is 0 Å². The van der Waals surface area contributed by atoms with Gasteiger partial charge < -0.3 is 24.4 Å². The Kier molecular flexibility index (Phi) is 7.38. The summed E-state index contributed by atoms with van der Waals surface area (Å²) < 4.78 is 11.7. The average Bonchev–Trinajstić information content (AvgIpc) is 2.84. The average molecular weight is 460 g/mol. The Balaban J connectivity index is 1.64. The van der Waals surface area contributed by atoms with Crippen molar-refractivity contribution in [1.29, 1.82) is 5.26 Å². The predicted octanol–water partition coefficient (Wildman–Crippen LogP) is 3.55. The Morgan fingerprint density at radius 1 is 1.12 bits per heavy atom. The first-order chi connectivity index (χ1) is 16.4. The van der Waals surface area contributed by atoms with E-state index in [1.165, 1.54) is 0 Å². The molecule has 8 nitrogen and oxygen atoms in total. The molecule has 1 saturated heterocycles. The fourth-order valence-electron chi connectivity index (χ4n) is 3.90. The fraction of sp³-hybridized carbons (Fsp3) is 0.346. The third-order valence-electron chi connectivity index (χ3n) is 5.61. The highest BCUT2D eigenvalue weighted by Crippen LogP contribution is 2.35. The molecule has 0 saturated carbocycles. The number of rotatable bonds is 7. The van der Waals surface area contributed by atoms with E-state index < -0.39 is 6.10 Å². The molecule has 0 bridgehead atoms. The van der Waals surface area contributed by atoms with E-state index in [-0.39, 0.29) is 0 Å². The van der Waals surface area contributed by atoms with Gasteiger partial charge in [-0.15, -0.1) is 0 Å². The molecule has 0 aliphatic carbocycles. The van der Waals surface area contributed by atoms with Gasteiger partial charge in [0.25, 0.3) is 0 Å². The van der Waals surface area contributed by atoms with Crippen molar-refractivity contribution in [3.8, 4) is 28.8 Å². The molecule has 1 atom stereocenters. The van der Waals surface area contributed by atoms with E-state index in [0.29, 0.717) is 42.8 Å². The fourth-order valence-corrected chi connectivity index (χ4v) is 3.90. The number of aliphatic hydroxyl groups excluding tert-OH is 1. The van der Waals surface area contributed by atoms with Gasteiger partial charge in [0.2, 0.25) is 5.88 Å². The molecule has 2 heterocycles. The van der Waals surface area contributed by atoms with E-state index >= 15 is 0 Å². The van der Waals surface area contributed by atoms with Crippen molar-refractivity contribution in [3.05, 3.63) is 65.5 Å². The Morgan fingerprint density at radius 2 is 1.85 bits per heavy atom. The number of nitrogens with zero attached hydrogens (tertiary/aromatic N) is 5. The summed E-state index contributed by atoms with van der Waals surface area (Å²) >= 11 is 0. The minimum absolute atomic E-state index is 0.420. The van der Waals surface area contributed by atoms with Crippen molar-refractivity contribution in [2.24, 2.45) is 0 Å². The van der Waals surface area contributed by atoms with Gasteiger partial charge in [0.05, 0.1) is 31.0 Å². The third-order valence-corrected chi connectivity index (χ3v) is 5.61. The number of ether oxygens (including phenoxy) is 2. The van der Waals surface area contributed by atoms with Crippen molar-refractivity contribution in [1.82, 2.24) is 14.9 Å². The Labute approximate surface area is 200 Å². The summed E-state index contributed by atoms with van der Waals surface area (Å²) in [5, 5.41) is 19.8. The number of aromatic nitrogens is 2. The topological polar surface area (TPSA) is 94.7 Å². The Bertz CT molecular complexity index is 1170. The lowest BCUT2D eigenvalue weighted by atomic mass is 10.00. The van der Waals surface area contributed by atoms with Crippen LogP contribution in [0.15, 0.2) is 48.5 Å². The molecular formula is C26H29N5O3. The minimum atomic E-state index is -0.566. The van der Waals surface area contributed by atoms with Crippen molar-refractivity contribution in [2.75, 3.05) is 51.8 Å². The molecule has 3 aromatic rings. The molecule has 1 fully saturated rings. The van der Waals surface area contributed by atoms with E-state index in [2.05, 4.69) is 20.9 Å². The minimum Gasteiger partial charge on any atom is -0.438 e. The summed E-state index contributed by atoms with van der Waals surface area (Å²) in [7, 11) is 3.86. The lowest BCUT2D eigenvalue weighted by molar-refractivity contribution is 0.122. The summed E-state index contributed by atoms with van der Waals surface area (Å²) in [5.41, 5.74) is 3.09. The number of benzene rings is 2. The van der Waals surface area contributed by atoms with E-state index in [1.807, 2.05) is 62.3 Å². The van der Waals surface area contributed by atoms with E-state index in [9.17, 15) is 10.4 Å². The van der Waals surface area contributed by atoms with Crippen molar-refractivity contribution >= 4 is 5.82 Å². The molecular weight excluding hydrogens is 430 g/mol. The summed E-state index contributed by atoms with van der Waals surface area (Å²) in [5.74, 6) is 2.36. The highest BCUT2D eigenvalue weighted by Gasteiger charge is 2.17. The second-order valence-electron chi connectivity index (χ2n) is 8.54. The summed E-state index contributed by atoms with van der Waals surface area (Å²) in [6, 6.07) is 17.1. The van der Waals surface area contributed by atoms with Crippen LogP contribution in [0, 0.1) is 18.3 Å². The quantitative estimate of drug-likeness (QED) is 0.573. The lowest BCUT2D eigenvalue weighted by Gasteiger charge is -2.28. The monoisotopic (exact) mass is 459 g/mol. The zero-order chi connectivity index (χ0) is 24.1. The normalized spacial score (nSPS) is 14.6. The number of hydrogen-bond donors (Lipinski definition) is 1. The number of nitriles is 1. The van der Waals surface area contributed by atoms with Crippen LogP contribution in [0.3, 0.4) is 0 Å². The molecule has 0 radical (unpaired) electrons. The number of aliphatic hydroxyl groups is 1. The molecule has 1 aliphatic heterocycles. The highest BCUT2D eigenvalue weighted by atomic mass is 16.5. The van der Waals surface area contributed by atoms with Crippen LogP contribution in [0.4, 0.5) is 5.82 Å². The number of likely N-dealkylation sites (N-methyl/N-ethyl adjacent to an activating group) is 1. The van der Waals surface area contributed by atoms with E-state index in [0.717, 1.165) is 35.6 Å². The van der Waals surface area contributed by atoms with Crippen LogP contribution in [0.1, 0.15) is 23.1 Å². The Morgan fingerprint density at radius 3 is 2.53 bits per heavy atom. The van der Waals surface area contributed by atoms with Crippen molar-refractivity contribution in [2.45, 2.75) is 13.0 Å². The molecule has 34 heavy (non-hydrogen) atoms. The van der Waals surface area contributed by atoms with Crippen LogP contribution in [0.25, 0.3) is 11.1 Å². The molecule has 2 aromatic carbocycles. The molecule has 1 aromatic heterocycles. The maximum Gasteiger partial charge on any atom is 0.224 e. The lowest BCUT2D eigenvalue weighted by Crippen LogP contribution is -2.36. The first-order valence-electron chi connectivity index (χ1n) is 11.3. The molecule has 0 amide bonds. The number of aryl methyl sites for hydroxylation is 1. The van der Waals surface area contributed by atoms with Gasteiger partial charge in [0.1, 0.15) is 17.4 Å². The first kappa shape index (κ1) is 23.6. The molecule has 4 rings (SSSR count). The van der Waals surface area contributed by atoms with Crippen LogP contribution in [-0.2, 0) is 4.74 Å². The third kappa shape index (κ3) is 5.69. The first-order valence-corrected chi connectivity index (χ1v) is 11.3. The molecule has 1 N–H and O–H groups in total. The smallest absolute Gasteiger partial charge is 0.224 e. The van der Waals surface area contributed by atoms with Crippen LogP contribution in [0.5, 0.6) is 11.6 Å². The molecule has 1 aliphatic rings. The second-order valence-corrected chi connectivity index (χ2v) is 8.54. The van der Waals surface area contributed by atoms with Gasteiger partial charge in [-0.2, -0.15) is 10.2 Å². The number of morpholine rings is 1. The zero-order valence-corrected chi connectivity index (χ0v) is 19.7. The van der Waals surface area contributed by atoms with Crippen LogP contribution < -0.4 is 9.64 Å². The second kappa shape index (κ2) is 10.6. The van der Waals surface area contributed by atoms with E-state index in [4.69, 9.17) is 9.47 Å². The molecule has 176 valence electrons. The van der Waals surface area contributed by atoms with Gasteiger partial charge in [-0.3, -0.25) is 0 Å².